The largest absolute Gasteiger partial charge is 0.505 e. The Morgan fingerprint density at radius 1 is 1.37 bits per heavy atom. The number of rotatable bonds is 4. The molecule has 0 spiro atoms. The molecule has 30 heavy (non-hydrogen) atoms. The molecule has 1 aliphatic heterocycles. The fraction of sp³-hybridized carbons (Fsp3) is 0.429. The number of Topliss-reactive ketones (excluding diaryl/α,β-unsaturated/α-hetero) is 1. The number of halogens is 1. The Bertz CT molecular complexity index is 1280. The van der Waals surface area contributed by atoms with Gasteiger partial charge in [-0.15, -0.1) is 11.3 Å². The number of methoxy groups -OCH3 is 1. The van der Waals surface area contributed by atoms with Crippen LogP contribution in [0.5, 0.6) is 11.5 Å². The molecule has 1 aliphatic carbocycles. The topological polar surface area (TPSA) is 97.8 Å². The summed E-state index contributed by atoms with van der Waals surface area (Å²) in [6.07, 6.45) is 2.53. The molecule has 0 radical (unpaired) electrons. The number of nitrogens with two attached hydrogens (primary N) is 1. The molecule has 1 saturated heterocycles. The molecular formula is C21H22FN3O4S. The van der Waals surface area contributed by atoms with Gasteiger partial charge in [0.2, 0.25) is 5.43 Å². The number of hydrogen-bond donors (Lipinski definition) is 2. The van der Waals surface area contributed by atoms with Crippen LogP contribution in [-0.4, -0.2) is 41.7 Å². The van der Waals surface area contributed by atoms with E-state index >= 15 is 4.39 Å². The van der Waals surface area contributed by atoms with Crippen LogP contribution >= 0.6 is 11.3 Å². The first-order chi connectivity index (χ1) is 14.3. The normalized spacial score (nSPS) is 19.2. The van der Waals surface area contributed by atoms with E-state index in [9.17, 15) is 14.7 Å². The summed E-state index contributed by atoms with van der Waals surface area (Å²) < 4.78 is 22.9. The van der Waals surface area contributed by atoms with Gasteiger partial charge in [-0.2, -0.15) is 0 Å². The van der Waals surface area contributed by atoms with Gasteiger partial charge in [0.1, 0.15) is 20.8 Å². The van der Waals surface area contributed by atoms with E-state index in [0.29, 0.717) is 34.9 Å². The Kier molecular flexibility index (Phi) is 4.30. The minimum Gasteiger partial charge on any atom is -0.505 e. The van der Waals surface area contributed by atoms with Crippen LogP contribution in [0.2, 0.25) is 0 Å². The summed E-state index contributed by atoms with van der Waals surface area (Å²) >= 11 is 1.10. The maximum Gasteiger partial charge on any atom is 0.202 e. The average Bonchev–Trinajstić information content (AvgIpc) is 3.35. The summed E-state index contributed by atoms with van der Waals surface area (Å²) in [6, 6.07) is 1.27. The number of aromatic nitrogens is 1. The van der Waals surface area contributed by atoms with Crippen molar-refractivity contribution in [2.24, 2.45) is 5.73 Å². The molecule has 2 aromatic heterocycles. The molecule has 5 rings (SSSR count). The Hall–Kier alpha value is -2.65. The second-order valence-electron chi connectivity index (χ2n) is 8.08. The third-order valence-corrected chi connectivity index (χ3v) is 7.23. The van der Waals surface area contributed by atoms with Gasteiger partial charge in [-0.1, -0.05) is 0 Å². The summed E-state index contributed by atoms with van der Waals surface area (Å²) in [4.78, 5) is 27.8. The zero-order valence-electron chi connectivity index (χ0n) is 16.7. The number of nitrogens with zero attached hydrogens (tertiary/aromatic N) is 2. The number of benzene rings is 1. The molecule has 2 fully saturated rings. The summed E-state index contributed by atoms with van der Waals surface area (Å²) in [5.41, 5.74) is 6.34. The Balaban J connectivity index is 1.94. The molecule has 0 bridgehead atoms. The zero-order valence-corrected chi connectivity index (χ0v) is 17.5. The number of pyridine rings is 1. The Morgan fingerprint density at radius 2 is 2.10 bits per heavy atom. The van der Waals surface area contributed by atoms with Crippen molar-refractivity contribution in [3.63, 3.8) is 0 Å². The SMILES string of the molecule is COc1c(N2CC[C@H](N)C2)c(F)cc2c(=O)c3c(O)c(C(C)=O)sc3n(C3CC3)c12. The number of carbonyl (C=O) groups excluding carboxylic acids is 1. The molecule has 2 aliphatic rings. The van der Waals surface area contributed by atoms with Crippen molar-refractivity contribution < 1.29 is 19.0 Å². The maximum atomic E-state index is 15.3. The van der Waals surface area contributed by atoms with Crippen LogP contribution in [0.1, 0.15) is 41.9 Å². The first-order valence-electron chi connectivity index (χ1n) is 9.95. The van der Waals surface area contributed by atoms with E-state index in [2.05, 4.69) is 0 Å². The smallest absolute Gasteiger partial charge is 0.202 e. The lowest BCUT2D eigenvalue weighted by Crippen LogP contribution is -2.27. The van der Waals surface area contributed by atoms with Crippen molar-refractivity contribution in [1.82, 2.24) is 4.57 Å². The molecule has 1 aromatic carbocycles. The van der Waals surface area contributed by atoms with E-state index in [1.807, 2.05) is 9.47 Å². The van der Waals surface area contributed by atoms with Crippen LogP contribution in [0.25, 0.3) is 21.1 Å². The second-order valence-corrected chi connectivity index (χ2v) is 9.08. The molecule has 0 amide bonds. The predicted octanol–water partition coefficient (Wildman–Crippen LogP) is 3.14. The lowest BCUT2D eigenvalue weighted by molar-refractivity contribution is 0.101. The van der Waals surface area contributed by atoms with E-state index in [0.717, 1.165) is 30.6 Å². The molecular weight excluding hydrogens is 409 g/mol. The van der Waals surface area contributed by atoms with Crippen LogP contribution in [0.4, 0.5) is 10.1 Å². The van der Waals surface area contributed by atoms with Gasteiger partial charge < -0.3 is 25.0 Å². The van der Waals surface area contributed by atoms with Gasteiger partial charge in [-0.05, 0) is 25.3 Å². The van der Waals surface area contributed by atoms with Crippen molar-refractivity contribution in [3.05, 3.63) is 27.0 Å². The van der Waals surface area contributed by atoms with E-state index in [-0.39, 0.29) is 39.3 Å². The number of thiophene rings is 1. The summed E-state index contributed by atoms with van der Waals surface area (Å²) in [5.74, 6) is -0.904. The highest BCUT2D eigenvalue weighted by molar-refractivity contribution is 7.21. The fourth-order valence-corrected chi connectivity index (χ4v) is 5.60. The lowest BCUT2D eigenvalue weighted by atomic mass is 10.1. The van der Waals surface area contributed by atoms with Gasteiger partial charge in [0, 0.05) is 32.1 Å². The number of ketones is 1. The molecule has 1 atom stereocenters. The summed E-state index contributed by atoms with van der Waals surface area (Å²) in [7, 11) is 1.46. The maximum absolute atomic E-state index is 15.3. The van der Waals surface area contributed by atoms with Crippen LogP contribution in [0.15, 0.2) is 10.9 Å². The highest BCUT2D eigenvalue weighted by atomic mass is 32.1. The predicted molar refractivity (Wildman–Crippen MR) is 115 cm³/mol. The van der Waals surface area contributed by atoms with Crippen molar-refractivity contribution in [1.29, 1.82) is 0 Å². The van der Waals surface area contributed by atoms with E-state index in [4.69, 9.17) is 10.5 Å². The molecule has 1 saturated carbocycles. The monoisotopic (exact) mass is 431 g/mol. The second kappa shape index (κ2) is 6.68. The molecule has 3 N–H and O–H groups in total. The average molecular weight is 431 g/mol. The van der Waals surface area contributed by atoms with Gasteiger partial charge >= 0.3 is 0 Å². The molecule has 0 unspecified atom stereocenters. The molecule has 3 aromatic rings. The molecule has 9 heteroatoms. The zero-order chi connectivity index (χ0) is 21.3. The van der Waals surface area contributed by atoms with E-state index < -0.39 is 11.2 Å². The highest BCUT2D eigenvalue weighted by Crippen LogP contribution is 2.48. The first-order valence-corrected chi connectivity index (χ1v) is 10.8. The van der Waals surface area contributed by atoms with Crippen LogP contribution in [0, 0.1) is 5.82 Å². The van der Waals surface area contributed by atoms with Gasteiger partial charge in [0.15, 0.2) is 23.1 Å². The number of fused-ring (bicyclic) bond motifs is 2. The molecule has 7 nitrogen and oxygen atoms in total. The van der Waals surface area contributed by atoms with E-state index in [1.165, 1.54) is 20.1 Å². The Morgan fingerprint density at radius 3 is 2.67 bits per heavy atom. The number of ether oxygens (including phenoxy) is 1. The van der Waals surface area contributed by atoms with Crippen molar-refractivity contribution in [3.8, 4) is 11.5 Å². The van der Waals surface area contributed by atoms with Crippen molar-refractivity contribution in [2.45, 2.75) is 38.3 Å². The Labute approximate surface area is 175 Å². The summed E-state index contributed by atoms with van der Waals surface area (Å²) in [5, 5.41) is 10.8. The van der Waals surface area contributed by atoms with Gasteiger partial charge in [0.25, 0.3) is 0 Å². The minimum absolute atomic E-state index is 0.0507. The lowest BCUT2D eigenvalue weighted by Gasteiger charge is -2.24. The molecule has 3 heterocycles. The van der Waals surface area contributed by atoms with Crippen LogP contribution < -0.4 is 20.8 Å². The molecule has 158 valence electrons. The minimum atomic E-state index is -0.561. The van der Waals surface area contributed by atoms with Crippen molar-refractivity contribution in [2.75, 3.05) is 25.1 Å². The quantitative estimate of drug-likeness (QED) is 0.616. The third-order valence-electron chi connectivity index (χ3n) is 5.96. The first kappa shape index (κ1) is 19.3. The number of carbonyl (C=O) groups is 1. The summed E-state index contributed by atoms with van der Waals surface area (Å²) in [6.45, 7) is 2.46. The van der Waals surface area contributed by atoms with Gasteiger partial charge in [-0.25, -0.2) is 4.39 Å². The van der Waals surface area contributed by atoms with Gasteiger partial charge in [0.05, 0.1) is 18.0 Å². The van der Waals surface area contributed by atoms with Gasteiger partial charge in [-0.3, -0.25) is 9.59 Å². The number of hydrogen-bond acceptors (Lipinski definition) is 7. The number of anilines is 1. The standard InChI is InChI=1S/C21H22FN3O4S/c1-9(26)20-18(28)14-17(27)12-7-13(22)16(24-6-5-10(23)8-24)19(29-2)15(12)25(11-3-4-11)21(14)30-20/h7,10-11,28H,3-6,8,23H2,1-2H3/t10-/m0/s1. The van der Waals surface area contributed by atoms with E-state index in [1.54, 1.807) is 0 Å². The van der Waals surface area contributed by atoms with Crippen molar-refractivity contribution >= 4 is 43.9 Å². The van der Waals surface area contributed by atoms with Crippen LogP contribution in [-0.2, 0) is 0 Å². The number of aromatic hydroxyl groups is 1. The van der Waals surface area contributed by atoms with Crippen LogP contribution in [0.3, 0.4) is 0 Å². The fourth-order valence-electron chi connectivity index (χ4n) is 4.44. The highest BCUT2D eigenvalue weighted by Gasteiger charge is 2.34. The third kappa shape index (κ3) is 2.65.